The predicted octanol–water partition coefficient (Wildman–Crippen LogP) is 3.96. The molecule has 6 aliphatic rings. The van der Waals surface area contributed by atoms with E-state index in [4.69, 9.17) is 4.74 Å². The second-order valence-corrected chi connectivity index (χ2v) is 13.1. The van der Waals surface area contributed by atoms with Crippen LogP contribution in [-0.4, -0.2) is 65.5 Å². The van der Waals surface area contributed by atoms with Crippen molar-refractivity contribution in [1.29, 1.82) is 0 Å². The fourth-order valence-electron chi connectivity index (χ4n) is 7.99. The van der Waals surface area contributed by atoms with Gasteiger partial charge in [-0.1, -0.05) is 0 Å². The van der Waals surface area contributed by atoms with Gasteiger partial charge in [-0.15, -0.1) is 0 Å². The van der Waals surface area contributed by atoms with Crippen LogP contribution in [0.4, 0.5) is 4.79 Å². The van der Waals surface area contributed by atoms with Crippen molar-refractivity contribution in [1.82, 2.24) is 15.1 Å². The van der Waals surface area contributed by atoms with E-state index in [2.05, 4.69) is 10.2 Å². The molecular weight excluding hydrogens is 430 g/mol. The van der Waals surface area contributed by atoms with Gasteiger partial charge in [-0.05, 0) is 103 Å². The lowest BCUT2D eigenvalue weighted by Gasteiger charge is -2.57. The Balaban J connectivity index is 1.16. The van der Waals surface area contributed by atoms with Gasteiger partial charge in [0, 0.05) is 32.2 Å². The summed E-state index contributed by atoms with van der Waals surface area (Å²) in [6.45, 7) is 8.08. The Morgan fingerprint density at radius 1 is 0.853 bits per heavy atom. The summed E-state index contributed by atoms with van der Waals surface area (Å²) < 4.78 is 5.51. The molecule has 0 aromatic carbocycles. The largest absolute Gasteiger partial charge is 0.444 e. The maximum Gasteiger partial charge on any atom is 0.410 e. The van der Waals surface area contributed by atoms with E-state index in [-0.39, 0.29) is 29.4 Å². The lowest BCUT2D eigenvalue weighted by Crippen LogP contribution is -2.58. The van der Waals surface area contributed by atoms with Crippen molar-refractivity contribution in [2.75, 3.05) is 26.2 Å². The minimum Gasteiger partial charge on any atom is -0.444 e. The normalized spacial score (nSPS) is 37.4. The fraction of sp³-hybridized carbons (Fsp3) is 0.889. The minimum atomic E-state index is -0.541. The highest BCUT2D eigenvalue weighted by Crippen LogP contribution is 2.60. The molecule has 2 aliphatic heterocycles. The van der Waals surface area contributed by atoms with Crippen molar-refractivity contribution in [3.63, 3.8) is 0 Å². The summed E-state index contributed by atoms with van der Waals surface area (Å²) >= 11 is 0. The monoisotopic (exact) mass is 473 g/mol. The van der Waals surface area contributed by atoms with Gasteiger partial charge in [0.25, 0.3) is 0 Å². The van der Waals surface area contributed by atoms with Crippen LogP contribution < -0.4 is 5.32 Å². The number of hydrogen-bond acceptors (Lipinski definition) is 4. The topological polar surface area (TPSA) is 79.0 Å². The molecule has 2 saturated heterocycles. The van der Waals surface area contributed by atoms with Crippen LogP contribution in [0.25, 0.3) is 0 Å². The molecule has 0 aromatic rings. The van der Waals surface area contributed by atoms with E-state index in [9.17, 15) is 14.4 Å². The first-order valence-electron chi connectivity index (χ1n) is 13.7. The molecule has 0 spiro atoms. The van der Waals surface area contributed by atoms with Crippen LogP contribution >= 0.6 is 0 Å². The number of likely N-dealkylation sites (tertiary alicyclic amines) is 2. The molecule has 7 heteroatoms. The third-order valence-electron chi connectivity index (χ3n) is 8.99. The number of rotatable bonds is 3. The van der Waals surface area contributed by atoms with E-state index in [1.54, 1.807) is 4.90 Å². The molecule has 4 aliphatic carbocycles. The molecule has 6 fully saturated rings. The van der Waals surface area contributed by atoms with Gasteiger partial charge in [-0.3, -0.25) is 9.59 Å². The molecule has 4 saturated carbocycles. The molecular formula is C27H43N3O4. The zero-order valence-corrected chi connectivity index (χ0v) is 21.3. The molecule has 0 aromatic heterocycles. The predicted molar refractivity (Wildman–Crippen MR) is 129 cm³/mol. The van der Waals surface area contributed by atoms with E-state index in [1.807, 2.05) is 20.8 Å². The second kappa shape index (κ2) is 9.02. The quantitative estimate of drug-likeness (QED) is 0.673. The molecule has 190 valence electrons. The maximum absolute atomic E-state index is 13.8. The van der Waals surface area contributed by atoms with E-state index >= 15 is 0 Å². The second-order valence-electron chi connectivity index (χ2n) is 13.1. The number of ether oxygens (including phenoxy) is 1. The number of carbonyl (C=O) groups excluding carboxylic acids is 3. The van der Waals surface area contributed by atoms with E-state index in [0.29, 0.717) is 25.5 Å². The highest BCUT2D eigenvalue weighted by Gasteiger charge is 2.55. The van der Waals surface area contributed by atoms with E-state index in [0.717, 1.165) is 69.2 Å². The van der Waals surface area contributed by atoms with Crippen molar-refractivity contribution in [2.24, 2.45) is 29.1 Å². The Bertz CT molecular complexity index is 784. The highest BCUT2D eigenvalue weighted by atomic mass is 16.6. The molecule has 4 bridgehead atoms. The fourth-order valence-corrected chi connectivity index (χ4v) is 7.99. The summed E-state index contributed by atoms with van der Waals surface area (Å²) in [5, 5.41) is 3.24. The van der Waals surface area contributed by atoms with Crippen molar-refractivity contribution in [2.45, 2.75) is 96.6 Å². The lowest BCUT2D eigenvalue weighted by molar-refractivity contribution is -0.159. The summed E-state index contributed by atoms with van der Waals surface area (Å²) in [5.41, 5.74) is -0.654. The summed E-state index contributed by atoms with van der Waals surface area (Å²) in [7, 11) is 0. The van der Waals surface area contributed by atoms with Crippen LogP contribution in [-0.2, 0) is 14.3 Å². The van der Waals surface area contributed by atoms with Crippen LogP contribution in [0.15, 0.2) is 0 Å². The first-order chi connectivity index (χ1) is 16.1. The molecule has 3 amide bonds. The first-order valence-corrected chi connectivity index (χ1v) is 13.7. The van der Waals surface area contributed by atoms with E-state index in [1.165, 1.54) is 19.3 Å². The van der Waals surface area contributed by atoms with Crippen LogP contribution in [0, 0.1) is 29.1 Å². The Morgan fingerprint density at radius 2 is 1.44 bits per heavy atom. The zero-order valence-electron chi connectivity index (χ0n) is 21.3. The van der Waals surface area contributed by atoms with Crippen molar-refractivity contribution >= 4 is 17.9 Å². The lowest BCUT2D eigenvalue weighted by atomic mass is 9.49. The van der Waals surface area contributed by atoms with Gasteiger partial charge in [0.05, 0.1) is 11.3 Å². The SMILES string of the molecule is CC(C)(C)OC(=O)N1CCCC(C(=O)NC2CCCN(C(=O)C34CC5CC(CC(C5)C3)C4)C2)C1. The summed E-state index contributed by atoms with van der Waals surface area (Å²) in [5.74, 6) is 2.45. The van der Waals surface area contributed by atoms with Gasteiger partial charge in [-0.2, -0.15) is 0 Å². The molecule has 6 rings (SSSR count). The number of carbonyl (C=O) groups is 3. The van der Waals surface area contributed by atoms with Gasteiger partial charge >= 0.3 is 6.09 Å². The molecule has 2 atom stereocenters. The Hall–Kier alpha value is -1.79. The maximum atomic E-state index is 13.8. The zero-order chi connectivity index (χ0) is 24.1. The Kier molecular flexibility index (Phi) is 6.34. The highest BCUT2D eigenvalue weighted by molar-refractivity contribution is 5.84. The van der Waals surface area contributed by atoms with Crippen molar-refractivity contribution in [3.05, 3.63) is 0 Å². The number of nitrogens with zero attached hydrogens (tertiary/aromatic N) is 2. The standard InChI is InChI=1S/C27H43N3O4/c1-26(2,3)34-25(33)30-9-4-6-21(16-30)23(31)28-22-7-5-8-29(17-22)24(32)27-13-18-10-19(14-27)12-20(11-18)15-27/h18-22H,4-17H2,1-3H3,(H,28,31). The number of amides is 3. The van der Waals surface area contributed by atoms with Gasteiger partial charge < -0.3 is 19.9 Å². The Labute approximate surface area is 204 Å². The third-order valence-corrected chi connectivity index (χ3v) is 8.99. The van der Waals surface area contributed by atoms with E-state index < -0.39 is 5.60 Å². The molecule has 7 nitrogen and oxygen atoms in total. The number of piperidine rings is 2. The summed E-state index contributed by atoms with van der Waals surface area (Å²) in [4.78, 5) is 43.1. The molecule has 0 radical (unpaired) electrons. The van der Waals surface area contributed by atoms with Crippen LogP contribution in [0.1, 0.15) is 85.0 Å². The van der Waals surface area contributed by atoms with Gasteiger partial charge in [0.1, 0.15) is 5.60 Å². The molecule has 2 heterocycles. The van der Waals surface area contributed by atoms with Crippen molar-refractivity contribution < 1.29 is 19.1 Å². The number of nitrogens with one attached hydrogen (secondary N) is 1. The van der Waals surface area contributed by atoms with Crippen LogP contribution in [0.5, 0.6) is 0 Å². The molecule has 34 heavy (non-hydrogen) atoms. The van der Waals surface area contributed by atoms with Crippen molar-refractivity contribution in [3.8, 4) is 0 Å². The van der Waals surface area contributed by atoms with Crippen LogP contribution in [0.2, 0.25) is 0 Å². The molecule has 1 N–H and O–H groups in total. The molecule has 2 unspecified atom stereocenters. The minimum absolute atomic E-state index is 0.0102. The average Bonchev–Trinajstić information content (AvgIpc) is 2.77. The summed E-state index contributed by atoms with van der Waals surface area (Å²) in [6.07, 6.45) is 10.4. The van der Waals surface area contributed by atoms with Crippen LogP contribution in [0.3, 0.4) is 0 Å². The number of hydrogen-bond donors (Lipinski definition) is 1. The smallest absolute Gasteiger partial charge is 0.410 e. The third kappa shape index (κ3) is 4.94. The van der Waals surface area contributed by atoms with Gasteiger partial charge in [0.15, 0.2) is 0 Å². The van der Waals surface area contributed by atoms with Gasteiger partial charge in [0.2, 0.25) is 11.8 Å². The average molecular weight is 474 g/mol. The Morgan fingerprint density at radius 3 is 2.06 bits per heavy atom. The summed E-state index contributed by atoms with van der Waals surface area (Å²) in [6, 6.07) is 0.0102. The van der Waals surface area contributed by atoms with Gasteiger partial charge in [-0.25, -0.2) is 4.79 Å². The first kappa shape index (κ1) is 23.9.